The molecule has 0 fully saturated rings. The third-order valence-electron chi connectivity index (χ3n) is 5.38. The average Bonchev–Trinajstić information content (AvgIpc) is 2.74. The lowest BCUT2D eigenvalue weighted by atomic mass is 9.80. The molecule has 8 heteroatoms. The number of nitrogens with one attached hydrogen (secondary N) is 1. The van der Waals surface area contributed by atoms with Crippen molar-refractivity contribution >= 4 is 23.3 Å². The van der Waals surface area contributed by atoms with Gasteiger partial charge in [0.15, 0.2) is 0 Å². The van der Waals surface area contributed by atoms with E-state index >= 15 is 0 Å². The number of para-hydroxylation sites is 1. The highest BCUT2D eigenvalue weighted by atomic mass is 35.5. The van der Waals surface area contributed by atoms with Crippen molar-refractivity contribution in [3.63, 3.8) is 0 Å². The first kappa shape index (κ1) is 24.5. The largest absolute Gasteiger partial charge is 0.479 e. The molecule has 0 aliphatic heterocycles. The van der Waals surface area contributed by atoms with Crippen LogP contribution in [-0.2, 0) is 17.4 Å². The molecule has 0 amide bonds. The Morgan fingerprint density at radius 3 is 2.24 bits per heavy atom. The summed E-state index contributed by atoms with van der Waals surface area (Å²) < 4.78 is 44.8. The van der Waals surface area contributed by atoms with E-state index < -0.39 is 29.2 Å². The maximum atomic E-state index is 13.0. The lowest BCUT2D eigenvalue weighted by molar-refractivity contribution is -0.144. The molecule has 1 unspecified atom stereocenters. The SMILES string of the molecule is CC(C)C(Cc1cccc(Oc2ccccc2)c1)(Nc1ccc(C(F)(F)F)cc1Cl)C(=O)O. The van der Waals surface area contributed by atoms with Gasteiger partial charge in [0.2, 0.25) is 0 Å². The predicted molar refractivity (Wildman–Crippen MR) is 122 cm³/mol. The van der Waals surface area contributed by atoms with Crippen LogP contribution in [0.25, 0.3) is 0 Å². The molecule has 4 nitrogen and oxygen atoms in total. The van der Waals surface area contributed by atoms with Gasteiger partial charge >= 0.3 is 12.1 Å². The van der Waals surface area contributed by atoms with Crippen molar-refractivity contribution in [2.24, 2.45) is 5.92 Å². The van der Waals surface area contributed by atoms with Crippen LogP contribution in [0.5, 0.6) is 11.5 Å². The lowest BCUT2D eigenvalue weighted by Gasteiger charge is -2.36. The lowest BCUT2D eigenvalue weighted by Crippen LogP contribution is -2.52. The van der Waals surface area contributed by atoms with E-state index in [4.69, 9.17) is 16.3 Å². The molecule has 2 N–H and O–H groups in total. The van der Waals surface area contributed by atoms with Gasteiger partial charge in [0.05, 0.1) is 16.3 Å². The molecule has 0 aliphatic carbocycles. The van der Waals surface area contributed by atoms with E-state index in [1.165, 1.54) is 0 Å². The molecule has 0 heterocycles. The molecule has 0 radical (unpaired) electrons. The Hall–Kier alpha value is -3.19. The monoisotopic (exact) mass is 477 g/mol. The minimum Gasteiger partial charge on any atom is -0.479 e. The van der Waals surface area contributed by atoms with Gasteiger partial charge in [-0.25, -0.2) is 4.79 Å². The third-order valence-corrected chi connectivity index (χ3v) is 5.69. The molecule has 0 spiro atoms. The first-order valence-electron chi connectivity index (χ1n) is 10.2. The Bertz CT molecular complexity index is 1120. The zero-order valence-corrected chi connectivity index (χ0v) is 18.7. The predicted octanol–water partition coefficient (Wildman–Crippen LogP) is 7.29. The molecule has 0 saturated heterocycles. The third kappa shape index (κ3) is 5.79. The average molecular weight is 478 g/mol. The molecular weight excluding hydrogens is 455 g/mol. The number of carboxylic acids is 1. The molecule has 0 saturated carbocycles. The van der Waals surface area contributed by atoms with Crippen molar-refractivity contribution in [3.05, 3.63) is 88.9 Å². The number of carbonyl (C=O) groups is 1. The summed E-state index contributed by atoms with van der Waals surface area (Å²) in [5.74, 6) is -0.415. The van der Waals surface area contributed by atoms with Crippen molar-refractivity contribution < 1.29 is 27.8 Å². The zero-order chi connectivity index (χ0) is 24.2. The van der Waals surface area contributed by atoms with Gasteiger partial charge in [-0.05, 0) is 53.9 Å². The highest BCUT2D eigenvalue weighted by molar-refractivity contribution is 6.33. The molecule has 0 aromatic heterocycles. The second-order valence-corrected chi connectivity index (χ2v) is 8.40. The quantitative estimate of drug-likeness (QED) is 0.358. The van der Waals surface area contributed by atoms with E-state index in [-0.39, 0.29) is 17.1 Å². The van der Waals surface area contributed by atoms with E-state index in [1.807, 2.05) is 18.2 Å². The fourth-order valence-corrected chi connectivity index (χ4v) is 3.70. The van der Waals surface area contributed by atoms with Gasteiger partial charge in [-0.3, -0.25) is 0 Å². The molecule has 1 atom stereocenters. The topological polar surface area (TPSA) is 58.6 Å². The second-order valence-electron chi connectivity index (χ2n) is 7.99. The van der Waals surface area contributed by atoms with Gasteiger partial charge in [0.25, 0.3) is 0 Å². The van der Waals surface area contributed by atoms with E-state index in [2.05, 4.69) is 5.32 Å². The van der Waals surface area contributed by atoms with Crippen LogP contribution >= 0.6 is 11.6 Å². The zero-order valence-electron chi connectivity index (χ0n) is 18.0. The van der Waals surface area contributed by atoms with Crippen molar-refractivity contribution in [2.75, 3.05) is 5.32 Å². The van der Waals surface area contributed by atoms with Crippen LogP contribution in [0.15, 0.2) is 72.8 Å². The summed E-state index contributed by atoms with van der Waals surface area (Å²) in [6, 6.07) is 19.0. The van der Waals surface area contributed by atoms with E-state index in [1.54, 1.807) is 50.2 Å². The van der Waals surface area contributed by atoms with Crippen molar-refractivity contribution in [1.82, 2.24) is 0 Å². The van der Waals surface area contributed by atoms with Crippen molar-refractivity contribution in [2.45, 2.75) is 32.0 Å². The highest BCUT2D eigenvalue weighted by Gasteiger charge is 2.42. The number of rotatable bonds is 8. The second kappa shape index (κ2) is 9.75. The number of halogens is 4. The summed E-state index contributed by atoms with van der Waals surface area (Å²) >= 11 is 6.09. The number of hydrogen-bond acceptors (Lipinski definition) is 3. The van der Waals surface area contributed by atoms with E-state index in [9.17, 15) is 23.1 Å². The molecule has 0 bridgehead atoms. The van der Waals surface area contributed by atoms with Gasteiger partial charge in [-0.2, -0.15) is 13.2 Å². The Balaban J connectivity index is 1.92. The van der Waals surface area contributed by atoms with Gasteiger partial charge in [-0.1, -0.05) is 55.8 Å². The van der Waals surface area contributed by atoms with Gasteiger partial charge < -0.3 is 15.2 Å². The summed E-state index contributed by atoms with van der Waals surface area (Å²) in [6.07, 6.45) is -4.51. The number of carboxylic acid groups (broad SMARTS) is 1. The Labute approximate surface area is 195 Å². The fraction of sp³-hybridized carbons (Fsp3) is 0.240. The molecular formula is C25H23ClF3NO3. The molecule has 0 aliphatic rings. The number of hydrogen-bond donors (Lipinski definition) is 2. The number of aliphatic carboxylic acids is 1. The Morgan fingerprint density at radius 1 is 1.00 bits per heavy atom. The van der Waals surface area contributed by atoms with Crippen LogP contribution in [-0.4, -0.2) is 16.6 Å². The first-order valence-corrected chi connectivity index (χ1v) is 10.6. The number of benzene rings is 3. The van der Waals surface area contributed by atoms with Crippen molar-refractivity contribution in [3.8, 4) is 11.5 Å². The van der Waals surface area contributed by atoms with E-state index in [0.29, 0.717) is 17.1 Å². The summed E-state index contributed by atoms with van der Waals surface area (Å²) in [7, 11) is 0. The maximum absolute atomic E-state index is 13.0. The summed E-state index contributed by atoms with van der Waals surface area (Å²) in [5.41, 5.74) is -1.66. The number of ether oxygens (including phenoxy) is 1. The summed E-state index contributed by atoms with van der Waals surface area (Å²) in [4.78, 5) is 12.5. The van der Waals surface area contributed by atoms with Crippen LogP contribution in [0.2, 0.25) is 5.02 Å². The van der Waals surface area contributed by atoms with E-state index in [0.717, 1.165) is 18.2 Å². The standard InChI is InChI=1S/C25H23ClF3NO3/c1-16(2)24(23(31)32,30-22-12-11-18(14-21(22)26)25(27,28)29)15-17-7-6-10-20(13-17)33-19-8-4-3-5-9-19/h3-14,16,30H,15H2,1-2H3,(H,31,32). The minimum atomic E-state index is -4.55. The van der Waals surface area contributed by atoms with Crippen LogP contribution in [0.4, 0.5) is 18.9 Å². The van der Waals surface area contributed by atoms with Crippen LogP contribution in [0.3, 0.4) is 0 Å². The number of anilines is 1. The fourth-order valence-electron chi connectivity index (χ4n) is 3.47. The summed E-state index contributed by atoms with van der Waals surface area (Å²) in [5, 5.41) is 12.9. The molecule has 3 aromatic rings. The molecule has 33 heavy (non-hydrogen) atoms. The smallest absolute Gasteiger partial charge is 0.416 e. The minimum absolute atomic E-state index is 0.0450. The Morgan fingerprint density at radius 2 is 1.67 bits per heavy atom. The summed E-state index contributed by atoms with van der Waals surface area (Å²) in [6.45, 7) is 3.45. The van der Waals surface area contributed by atoms with Crippen LogP contribution in [0, 0.1) is 5.92 Å². The van der Waals surface area contributed by atoms with Gasteiger partial charge in [0.1, 0.15) is 17.0 Å². The Kier molecular flexibility index (Phi) is 7.22. The molecule has 174 valence electrons. The van der Waals surface area contributed by atoms with Crippen LogP contribution < -0.4 is 10.1 Å². The highest BCUT2D eigenvalue weighted by Crippen LogP contribution is 2.37. The van der Waals surface area contributed by atoms with Gasteiger partial charge in [0, 0.05) is 6.42 Å². The molecule has 3 rings (SSSR count). The van der Waals surface area contributed by atoms with Gasteiger partial charge in [-0.15, -0.1) is 0 Å². The first-order chi connectivity index (χ1) is 15.5. The van der Waals surface area contributed by atoms with Crippen molar-refractivity contribution in [1.29, 1.82) is 0 Å². The maximum Gasteiger partial charge on any atom is 0.416 e. The normalized spacial score (nSPS) is 13.4. The van der Waals surface area contributed by atoms with Crippen LogP contribution in [0.1, 0.15) is 25.0 Å². The molecule has 3 aromatic carbocycles. The number of alkyl halides is 3.